The van der Waals surface area contributed by atoms with Gasteiger partial charge >= 0.3 is 6.61 Å². The zero-order chi connectivity index (χ0) is 18.4. The smallest absolute Gasteiger partial charge is 0.387 e. The van der Waals surface area contributed by atoms with Crippen molar-refractivity contribution < 1.29 is 23.1 Å². The molecule has 0 heterocycles. The molecule has 2 rings (SSSR count). The number of halogens is 2. The lowest BCUT2D eigenvalue weighted by Gasteiger charge is -2.12. The monoisotopic (exact) mass is 365 g/mol. The van der Waals surface area contributed by atoms with Crippen molar-refractivity contribution in [1.82, 2.24) is 0 Å². The third kappa shape index (κ3) is 5.86. The van der Waals surface area contributed by atoms with Crippen LogP contribution in [-0.4, -0.2) is 23.6 Å². The van der Waals surface area contributed by atoms with Crippen LogP contribution in [-0.2, 0) is 4.79 Å². The number of carbonyl (C=O) groups excluding carboxylic acids is 2. The average Bonchev–Trinajstić information content (AvgIpc) is 2.55. The molecule has 0 aliphatic rings. The number of Topliss-reactive ketones (excluding diaryl/α,β-unsaturated/α-hetero) is 1. The van der Waals surface area contributed by atoms with Gasteiger partial charge in [-0.3, -0.25) is 9.59 Å². The Kier molecular flexibility index (Phi) is 6.52. The molecule has 0 saturated carbocycles. The molecule has 25 heavy (non-hydrogen) atoms. The van der Waals surface area contributed by atoms with Gasteiger partial charge in [0, 0.05) is 23.1 Å². The average molecular weight is 365 g/mol. The van der Waals surface area contributed by atoms with Gasteiger partial charge in [0.25, 0.3) is 0 Å². The molecule has 7 heteroatoms. The molecule has 1 N–H and O–H groups in total. The van der Waals surface area contributed by atoms with Crippen LogP contribution in [0.1, 0.15) is 24.2 Å². The fraction of sp³-hybridized carbons (Fsp3) is 0.222. The number of ether oxygens (including phenoxy) is 1. The lowest BCUT2D eigenvalue weighted by atomic mass is 10.1. The van der Waals surface area contributed by atoms with E-state index in [2.05, 4.69) is 10.1 Å². The van der Waals surface area contributed by atoms with Crippen LogP contribution in [0.3, 0.4) is 0 Å². The molecule has 0 saturated heterocycles. The molecule has 0 unspecified atom stereocenters. The number of hydrogen-bond acceptors (Lipinski definition) is 4. The number of anilines is 1. The number of benzene rings is 2. The van der Waals surface area contributed by atoms with Crippen molar-refractivity contribution in [2.24, 2.45) is 0 Å². The first-order valence-electron chi connectivity index (χ1n) is 7.48. The molecule has 1 atom stereocenters. The van der Waals surface area contributed by atoms with Crippen molar-refractivity contribution in [1.29, 1.82) is 0 Å². The maximum Gasteiger partial charge on any atom is 0.387 e. The lowest BCUT2D eigenvalue weighted by Crippen LogP contribution is -2.13. The van der Waals surface area contributed by atoms with Crippen molar-refractivity contribution in [3.63, 3.8) is 0 Å². The number of hydrogen-bond donors (Lipinski definition) is 1. The summed E-state index contributed by atoms with van der Waals surface area (Å²) < 4.78 is 28.5. The minimum Gasteiger partial charge on any atom is -0.435 e. The lowest BCUT2D eigenvalue weighted by molar-refractivity contribution is -0.114. The number of carbonyl (C=O) groups is 2. The van der Waals surface area contributed by atoms with Gasteiger partial charge in [-0.25, -0.2) is 0 Å². The SMILES string of the molecule is CC(=O)Nc1ccc(S[C@H](C)C(=O)c2ccc(OC(F)F)cc2)cc1. The zero-order valence-electron chi connectivity index (χ0n) is 13.7. The van der Waals surface area contributed by atoms with E-state index in [1.165, 1.54) is 43.0 Å². The van der Waals surface area contributed by atoms with E-state index < -0.39 is 6.61 Å². The predicted molar refractivity (Wildman–Crippen MR) is 93.5 cm³/mol. The third-order valence-corrected chi connectivity index (χ3v) is 4.33. The highest BCUT2D eigenvalue weighted by Crippen LogP contribution is 2.27. The number of rotatable bonds is 7. The number of alkyl halides is 2. The van der Waals surface area contributed by atoms with Gasteiger partial charge in [0.05, 0.1) is 5.25 Å². The highest BCUT2D eigenvalue weighted by atomic mass is 32.2. The Morgan fingerprint density at radius 2 is 1.64 bits per heavy atom. The molecule has 0 bridgehead atoms. The van der Waals surface area contributed by atoms with E-state index in [0.717, 1.165) is 4.90 Å². The maximum absolute atomic E-state index is 12.4. The summed E-state index contributed by atoms with van der Waals surface area (Å²) in [6.45, 7) is 0.316. The molecule has 0 aromatic heterocycles. The third-order valence-electron chi connectivity index (χ3n) is 3.22. The summed E-state index contributed by atoms with van der Waals surface area (Å²) in [6.07, 6.45) is 0. The van der Waals surface area contributed by atoms with Crippen LogP contribution in [0.25, 0.3) is 0 Å². The van der Waals surface area contributed by atoms with Crippen LogP contribution in [0.2, 0.25) is 0 Å². The topological polar surface area (TPSA) is 55.4 Å². The summed E-state index contributed by atoms with van der Waals surface area (Å²) in [5, 5.41) is 2.32. The molecule has 0 aliphatic carbocycles. The summed E-state index contributed by atoms with van der Waals surface area (Å²) in [5.74, 6) is -0.247. The summed E-state index contributed by atoms with van der Waals surface area (Å²) in [6, 6.07) is 12.8. The molecule has 0 fully saturated rings. The molecule has 2 aromatic rings. The van der Waals surface area contributed by atoms with Crippen LogP contribution >= 0.6 is 11.8 Å². The van der Waals surface area contributed by atoms with Gasteiger partial charge in [-0.2, -0.15) is 8.78 Å². The maximum atomic E-state index is 12.4. The molecule has 0 spiro atoms. The van der Waals surface area contributed by atoms with Crippen molar-refractivity contribution >= 4 is 29.1 Å². The first-order chi connectivity index (χ1) is 11.8. The van der Waals surface area contributed by atoms with Crippen molar-refractivity contribution in [3.8, 4) is 5.75 Å². The van der Waals surface area contributed by atoms with Gasteiger partial charge < -0.3 is 10.1 Å². The van der Waals surface area contributed by atoms with Crippen LogP contribution in [0.4, 0.5) is 14.5 Å². The minimum atomic E-state index is -2.89. The highest BCUT2D eigenvalue weighted by molar-refractivity contribution is 8.00. The second kappa shape index (κ2) is 8.62. The fourth-order valence-electron chi connectivity index (χ4n) is 2.11. The molecule has 1 amide bonds. The molecule has 0 radical (unpaired) electrons. The van der Waals surface area contributed by atoms with Gasteiger partial charge in [0.15, 0.2) is 5.78 Å². The van der Waals surface area contributed by atoms with E-state index >= 15 is 0 Å². The molecular formula is C18H17F2NO3S. The van der Waals surface area contributed by atoms with E-state index in [1.54, 1.807) is 19.1 Å². The van der Waals surface area contributed by atoms with Crippen LogP contribution in [0.15, 0.2) is 53.4 Å². The summed E-state index contributed by atoms with van der Waals surface area (Å²) in [4.78, 5) is 24.3. The molecule has 0 aliphatic heterocycles. The largest absolute Gasteiger partial charge is 0.435 e. The van der Waals surface area contributed by atoms with E-state index in [1.807, 2.05) is 12.1 Å². The Morgan fingerprint density at radius 3 is 2.16 bits per heavy atom. The standard InChI is InChI=1S/C18H17F2NO3S/c1-11(25-16-9-5-14(6-10-16)21-12(2)22)17(23)13-3-7-15(8-4-13)24-18(19)20/h3-11,18H,1-2H3,(H,21,22)/t11-/m1/s1. The zero-order valence-corrected chi connectivity index (χ0v) is 14.5. The molecule has 2 aromatic carbocycles. The molecule has 132 valence electrons. The van der Waals surface area contributed by atoms with Crippen LogP contribution in [0, 0.1) is 0 Å². The number of ketones is 1. The first kappa shape index (κ1) is 18.9. The van der Waals surface area contributed by atoms with Gasteiger partial charge in [-0.15, -0.1) is 11.8 Å². The van der Waals surface area contributed by atoms with Gasteiger partial charge in [0.1, 0.15) is 5.75 Å². The normalized spacial score (nSPS) is 11.9. The Bertz CT molecular complexity index is 733. The van der Waals surface area contributed by atoms with E-state index in [-0.39, 0.29) is 22.7 Å². The van der Waals surface area contributed by atoms with Gasteiger partial charge in [0.2, 0.25) is 5.91 Å². The summed E-state index contributed by atoms with van der Waals surface area (Å²) >= 11 is 1.38. The van der Waals surface area contributed by atoms with Gasteiger partial charge in [-0.05, 0) is 55.5 Å². The van der Waals surface area contributed by atoms with Gasteiger partial charge in [-0.1, -0.05) is 0 Å². The number of amides is 1. The van der Waals surface area contributed by atoms with Crippen molar-refractivity contribution in [3.05, 3.63) is 54.1 Å². The van der Waals surface area contributed by atoms with Crippen molar-refractivity contribution in [2.45, 2.75) is 30.6 Å². The number of thioether (sulfide) groups is 1. The Morgan fingerprint density at radius 1 is 1.04 bits per heavy atom. The second-order valence-electron chi connectivity index (χ2n) is 5.23. The van der Waals surface area contributed by atoms with Crippen molar-refractivity contribution in [2.75, 3.05) is 5.32 Å². The minimum absolute atomic E-state index is 0.0143. The van der Waals surface area contributed by atoms with Crippen LogP contribution < -0.4 is 10.1 Å². The fourth-order valence-corrected chi connectivity index (χ4v) is 3.06. The Hall–Kier alpha value is -2.41. The molecular weight excluding hydrogens is 348 g/mol. The second-order valence-corrected chi connectivity index (χ2v) is 6.65. The van der Waals surface area contributed by atoms with E-state index in [9.17, 15) is 18.4 Å². The summed E-state index contributed by atoms with van der Waals surface area (Å²) in [5.41, 5.74) is 1.11. The molecule has 4 nitrogen and oxygen atoms in total. The highest BCUT2D eigenvalue weighted by Gasteiger charge is 2.17. The predicted octanol–water partition coefficient (Wildman–Crippen LogP) is 4.61. The van der Waals surface area contributed by atoms with E-state index in [4.69, 9.17) is 0 Å². The quantitative estimate of drug-likeness (QED) is 0.575. The Balaban J connectivity index is 1.98. The number of nitrogens with one attached hydrogen (secondary N) is 1. The first-order valence-corrected chi connectivity index (χ1v) is 8.36. The summed E-state index contributed by atoms with van der Waals surface area (Å²) in [7, 11) is 0. The van der Waals surface area contributed by atoms with E-state index in [0.29, 0.717) is 11.3 Å². The Labute approximate surface area is 148 Å². The van der Waals surface area contributed by atoms with Crippen LogP contribution in [0.5, 0.6) is 5.75 Å².